The normalized spacial score (nSPS) is 18.3. The van der Waals surface area contributed by atoms with Gasteiger partial charge in [-0.2, -0.15) is 8.78 Å². The molecule has 1 aliphatic heterocycles. The Labute approximate surface area is 135 Å². The van der Waals surface area contributed by atoms with E-state index in [2.05, 4.69) is 9.98 Å². The maximum absolute atomic E-state index is 14.9. The number of alkyl halides is 2. The molecule has 0 radical (unpaired) electrons. The van der Waals surface area contributed by atoms with Crippen LogP contribution in [0.25, 0.3) is 0 Å². The fourth-order valence-electron chi connectivity index (χ4n) is 2.99. The van der Waals surface area contributed by atoms with E-state index in [1.807, 2.05) is 19.9 Å². The van der Waals surface area contributed by atoms with Crippen LogP contribution in [0.1, 0.15) is 47.4 Å². The fraction of sp³-hybridized carbons (Fsp3) is 0.368. The van der Waals surface area contributed by atoms with Crippen molar-refractivity contribution in [3.05, 3.63) is 64.0 Å². The van der Waals surface area contributed by atoms with Gasteiger partial charge >= 0.3 is 0 Å². The van der Waals surface area contributed by atoms with Gasteiger partial charge in [-0.05, 0) is 51.8 Å². The molecule has 0 N–H and O–H groups in total. The SMILES string of the molecule is Cc1cc(C2=NC(C)(C)C(F)(F)c3c(C)cccc32)cnc1C. The standard InChI is InChI=1S/C19H20F2N2/c1-11-7-6-8-15-16(11)19(20,21)18(4,5)23-17(15)14-9-12(2)13(3)22-10-14/h6-10H,1-5H3. The summed E-state index contributed by atoms with van der Waals surface area (Å²) in [5.41, 5.74) is 2.99. The minimum Gasteiger partial charge on any atom is -0.271 e. The van der Waals surface area contributed by atoms with Gasteiger partial charge in [0.05, 0.1) is 5.71 Å². The van der Waals surface area contributed by atoms with Crippen LogP contribution in [-0.4, -0.2) is 16.2 Å². The van der Waals surface area contributed by atoms with Crippen molar-refractivity contribution in [3.63, 3.8) is 0 Å². The summed E-state index contributed by atoms with van der Waals surface area (Å²) >= 11 is 0. The van der Waals surface area contributed by atoms with Crippen molar-refractivity contribution in [1.82, 2.24) is 4.98 Å². The van der Waals surface area contributed by atoms with Gasteiger partial charge in [-0.1, -0.05) is 18.2 Å². The number of nitrogens with zero attached hydrogens (tertiary/aromatic N) is 2. The Morgan fingerprint density at radius 3 is 2.35 bits per heavy atom. The number of rotatable bonds is 1. The molecule has 0 saturated heterocycles. The molecule has 0 amide bonds. The molecule has 1 aromatic heterocycles. The Hall–Kier alpha value is -2.10. The smallest absolute Gasteiger partial charge is 0.271 e. The predicted molar refractivity (Wildman–Crippen MR) is 88.5 cm³/mol. The van der Waals surface area contributed by atoms with E-state index in [1.165, 1.54) is 13.8 Å². The highest BCUT2D eigenvalue weighted by Crippen LogP contribution is 2.47. The topological polar surface area (TPSA) is 25.2 Å². The van der Waals surface area contributed by atoms with Gasteiger partial charge in [-0.25, -0.2) is 0 Å². The van der Waals surface area contributed by atoms with Crippen LogP contribution in [-0.2, 0) is 5.92 Å². The first-order chi connectivity index (χ1) is 10.6. The van der Waals surface area contributed by atoms with Gasteiger partial charge < -0.3 is 0 Å². The number of fused-ring (bicyclic) bond motifs is 1. The molecule has 4 heteroatoms. The first kappa shape index (κ1) is 15.8. The van der Waals surface area contributed by atoms with Crippen LogP contribution in [0.2, 0.25) is 0 Å². The Morgan fingerprint density at radius 1 is 1.00 bits per heavy atom. The van der Waals surface area contributed by atoms with Crippen molar-refractivity contribution in [2.75, 3.05) is 0 Å². The summed E-state index contributed by atoms with van der Waals surface area (Å²) in [7, 11) is 0. The summed E-state index contributed by atoms with van der Waals surface area (Å²) in [6.45, 7) is 8.59. The fourth-order valence-corrected chi connectivity index (χ4v) is 2.99. The van der Waals surface area contributed by atoms with Crippen molar-refractivity contribution < 1.29 is 8.78 Å². The van der Waals surface area contributed by atoms with Crippen molar-refractivity contribution in [2.45, 2.75) is 46.1 Å². The number of aromatic nitrogens is 1. The third-order valence-electron chi connectivity index (χ3n) is 4.62. The second-order valence-electron chi connectivity index (χ2n) is 6.72. The lowest BCUT2D eigenvalue weighted by Gasteiger charge is -2.38. The molecule has 0 atom stereocenters. The number of hydrogen-bond donors (Lipinski definition) is 0. The molecule has 0 aliphatic carbocycles. The summed E-state index contributed by atoms with van der Waals surface area (Å²) in [6.07, 6.45) is 1.72. The van der Waals surface area contributed by atoms with Crippen LogP contribution in [0.15, 0.2) is 35.5 Å². The van der Waals surface area contributed by atoms with Crippen molar-refractivity contribution in [1.29, 1.82) is 0 Å². The Balaban J connectivity index is 2.32. The zero-order chi connectivity index (χ0) is 17.0. The maximum Gasteiger partial charge on any atom is 0.298 e. The molecule has 0 saturated carbocycles. The minimum absolute atomic E-state index is 0.0771. The molecule has 2 heterocycles. The molecule has 0 fully saturated rings. The first-order valence-corrected chi connectivity index (χ1v) is 7.67. The van der Waals surface area contributed by atoms with E-state index in [-0.39, 0.29) is 5.56 Å². The third-order valence-corrected chi connectivity index (χ3v) is 4.62. The number of aliphatic imine (C=N–C) groups is 1. The van der Waals surface area contributed by atoms with Crippen LogP contribution >= 0.6 is 0 Å². The zero-order valence-corrected chi connectivity index (χ0v) is 14.0. The Morgan fingerprint density at radius 2 is 1.70 bits per heavy atom. The van der Waals surface area contributed by atoms with E-state index in [1.54, 1.807) is 31.3 Å². The van der Waals surface area contributed by atoms with Crippen LogP contribution < -0.4 is 0 Å². The summed E-state index contributed by atoms with van der Waals surface area (Å²) in [5, 5.41) is 0. The van der Waals surface area contributed by atoms with Gasteiger partial charge in [0.15, 0.2) is 0 Å². The number of benzene rings is 1. The van der Waals surface area contributed by atoms with E-state index < -0.39 is 11.5 Å². The molecule has 0 bridgehead atoms. The third kappa shape index (κ3) is 2.28. The molecule has 1 aliphatic rings. The average molecular weight is 314 g/mol. The molecule has 0 spiro atoms. The monoisotopic (exact) mass is 314 g/mol. The maximum atomic E-state index is 14.9. The van der Waals surface area contributed by atoms with Crippen molar-refractivity contribution in [2.24, 2.45) is 4.99 Å². The van der Waals surface area contributed by atoms with Gasteiger partial charge in [-0.15, -0.1) is 0 Å². The molecule has 120 valence electrons. The average Bonchev–Trinajstić information content (AvgIpc) is 2.46. The zero-order valence-electron chi connectivity index (χ0n) is 14.0. The van der Waals surface area contributed by atoms with E-state index in [0.717, 1.165) is 16.8 Å². The molecule has 3 rings (SSSR count). The predicted octanol–water partition coefficient (Wildman–Crippen LogP) is 4.73. The van der Waals surface area contributed by atoms with Gasteiger partial charge in [0, 0.05) is 28.6 Å². The summed E-state index contributed by atoms with van der Waals surface area (Å²) in [6, 6.07) is 7.21. The number of pyridine rings is 1. The second kappa shape index (κ2) is 4.95. The van der Waals surface area contributed by atoms with Crippen LogP contribution in [0, 0.1) is 20.8 Å². The Kier molecular flexibility index (Phi) is 3.40. The summed E-state index contributed by atoms with van der Waals surface area (Å²) in [5.74, 6) is -3.01. The highest BCUT2D eigenvalue weighted by atomic mass is 19.3. The van der Waals surface area contributed by atoms with E-state index in [0.29, 0.717) is 16.8 Å². The van der Waals surface area contributed by atoms with E-state index >= 15 is 0 Å². The number of hydrogen-bond acceptors (Lipinski definition) is 2. The van der Waals surface area contributed by atoms with Crippen LogP contribution in [0.3, 0.4) is 0 Å². The molecule has 0 unspecified atom stereocenters. The summed E-state index contributed by atoms with van der Waals surface area (Å²) < 4.78 is 29.9. The molecule has 23 heavy (non-hydrogen) atoms. The lowest BCUT2D eigenvalue weighted by atomic mass is 9.79. The lowest BCUT2D eigenvalue weighted by molar-refractivity contribution is -0.0687. The quantitative estimate of drug-likeness (QED) is 0.747. The lowest BCUT2D eigenvalue weighted by Crippen LogP contribution is -2.44. The molecule has 2 aromatic rings. The van der Waals surface area contributed by atoms with E-state index in [9.17, 15) is 8.78 Å². The largest absolute Gasteiger partial charge is 0.298 e. The van der Waals surface area contributed by atoms with Gasteiger partial charge in [-0.3, -0.25) is 9.98 Å². The van der Waals surface area contributed by atoms with E-state index in [4.69, 9.17) is 0 Å². The Bertz CT molecular complexity index is 820. The van der Waals surface area contributed by atoms with Gasteiger partial charge in [0.2, 0.25) is 0 Å². The van der Waals surface area contributed by atoms with Crippen LogP contribution in [0.5, 0.6) is 0 Å². The van der Waals surface area contributed by atoms with Crippen LogP contribution in [0.4, 0.5) is 8.78 Å². The van der Waals surface area contributed by atoms with Gasteiger partial charge in [0.1, 0.15) is 5.54 Å². The van der Waals surface area contributed by atoms with Crippen molar-refractivity contribution >= 4 is 5.71 Å². The van der Waals surface area contributed by atoms with Gasteiger partial charge in [0.25, 0.3) is 5.92 Å². The van der Waals surface area contributed by atoms with Crippen molar-refractivity contribution in [3.8, 4) is 0 Å². The molecular weight excluding hydrogens is 294 g/mol. The number of aryl methyl sites for hydroxylation is 3. The highest BCUT2D eigenvalue weighted by Gasteiger charge is 2.53. The second-order valence-corrected chi connectivity index (χ2v) is 6.72. The number of halogens is 2. The molecule has 1 aromatic carbocycles. The molecule has 2 nitrogen and oxygen atoms in total. The minimum atomic E-state index is -3.01. The molecular formula is C19H20F2N2. The first-order valence-electron chi connectivity index (χ1n) is 7.67. The summed E-state index contributed by atoms with van der Waals surface area (Å²) in [4.78, 5) is 8.78. The highest BCUT2D eigenvalue weighted by molar-refractivity contribution is 6.15.